The highest BCUT2D eigenvalue weighted by Crippen LogP contribution is 2.24. The summed E-state index contributed by atoms with van der Waals surface area (Å²) < 4.78 is 0. The fourth-order valence-electron chi connectivity index (χ4n) is 2.72. The van der Waals surface area contributed by atoms with Gasteiger partial charge >= 0.3 is 0 Å². The molecule has 3 heterocycles. The van der Waals surface area contributed by atoms with Gasteiger partial charge in [-0.1, -0.05) is 13.8 Å². The zero-order valence-corrected chi connectivity index (χ0v) is 12.9. The van der Waals surface area contributed by atoms with Crippen LogP contribution in [0.3, 0.4) is 0 Å². The van der Waals surface area contributed by atoms with E-state index in [2.05, 4.69) is 34.3 Å². The second-order valence-corrected chi connectivity index (χ2v) is 5.86. The van der Waals surface area contributed by atoms with Gasteiger partial charge in [-0.25, -0.2) is 0 Å². The van der Waals surface area contributed by atoms with Crippen LogP contribution in [0.1, 0.15) is 47.6 Å². The lowest BCUT2D eigenvalue weighted by Crippen LogP contribution is -2.48. The number of rotatable bonds is 3. The summed E-state index contributed by atoms with van der Waals surface area (Å²) in [6.45, 7) is 6.38. The Morgan fingerprint density at radius 1 is 1.36 bits per heavy atom. The summed E-state index contributed by atoms with van der Waals surface area (Å²) in [6, 6.07) is 5.80. The number of hydrogen-bond acceptors (Lipinski definition) is 4. The minimum atomic E-state index is -0.0218. The molecular formula is C16H21N5O. The maximum Gasteiger partial charge on any atom is 0.274 e. The molecule has 0 aromatic carbocycles. The molecule has 6 heteroatoms. The van der Waals surface area contributed by atoms with E-state index < -0.39 is 0 Å². The highest BCUT2D eigenvalue weighted by atomic mass is 16.2. The molecule has 22 heavy (non-hydrogen) atoms. The van der Waals surface area contributed by atoms with Crippen LogP contribution in [0.4, 0.5) is 0 Å². The third kappa shape index (κ3) is 2.87. The van der Waals surface area contributed by atoms with Crippen molar-refractivity contribution in [3.05, 3.63) is 47.5 Å². The molecule has 0 bridgehead atoms. The van der Waals surface area contributed by atoms with Gasteiger partial charge in [0.2, 0.25) is 0 Å². The van der Waals surface area contributed by atoms with Crippen LogP contribution in [0.25, 0.3) is 0 Å². The topological polar surface area (TPSA) is 73.9 Å². The number of amides is 1. The Balaban J connectivity index is 1.85. The average molecular weight is 299 g/mol. The Hall–Kier alpha value is -2.21. The van der Waals surface area contributed by atoms with Crippen molar-refractivity contribution in [2.75, 3.05) is 19.6 Å². The molecule has 1 atom stereocenters. The lowest BCUT2D eigenvalue weighted by Gasteiger charge is -2.36. The molecule has 1 fully saturated rings. The number of piperazine rings is 1. The normalized spacial score (nSPS) is 18.7. The van der Waals surface area contributed by atoms with Gasteiger partial charge in [0.25, 0.3) is 5.91 Å². The molecule has 6 nitrogen and oxygen atoms in total. The van der Waals surface area contributed by atoms with E-state index in [1.807, 2.05) is 23.1 Å². The Morgan fingerprint density at radius 3 is 2.82 bits per heavy atom. The van der Waals surface area contributed by atoms with Gasteiger partial charge in [0.15, 0.2) is 0 Å². The number of carbonyl (C=O) groups excluding carboxylic acids is 1. The first-order valence-electron chi connectivity index (χ1n) is 7.63. The van der Waals surface area contributed by atoms with E-state index in [4.69, 9.17) is 0 Å². The molecule has 0 spiro atoms. The maximum absolute atomic E-state index is 12.8. The van der Waals surface area contributed by atoms with Gasteiger partial charge in [0, 0.05) is 37.7 Å². The predicted molar refractivity (Wildman–Crippen MR) is 83.6 cm³/mol. The molecule has 1 saturated heterocycles. The van der Waals surface area contributed by atoms with Gasteiger partial charge in [-0.2, -0.15) is 5.10 Å². The van der Waals surface area contributed by atoms with E-state index in [-0.39, 0.29) is 11.9 Å². The first-order chi connectivity index (χ1) is 10.7. The quantitative estimate of drug-likeness (QED) is 0.905. The van der Waals surface area contributed by atoms with Gasteiger partial charge in [-0.15, -0.1) is 0 Å². The second kappa shape index (κ2) is 6.27. The van der Waals surface area contributed by atoms with Gasteiger partial charge < -0.3 is 10.2 Å². The smallest absolute Gasteiger partial charge is 0.274 e. The number of carbonyl (C=O) groups is 1. The number of aromatic nitrogens is 3. The van der Waals surface area contributed by atoms with E-state index in [0.717, 1.165) is 24.3 Å². The van der Waals surface area contributed by atoms with Crippen molar-refractivity contribution in [1.82, 2.24) is 25.4 Å². The largest absolute Gasteiger partial charge is 0.328 e. The van der Waals surface area contributed by atoms with E-state index >= 15 is 0 Å². The molecule has 3 rings (SSSR count). The third-order valence-corrected chi connectivity index (χ3v) is 4.03. The predicted octanol–water partition coefficient (Wildman–Crippen LogP) is 1.71. The summed E-state index contributed by atoms with van der Waals surface area (Å²) >= 11 is 0. The molecule has 1 unspecified atom stereocenters. The van der Waals surface area contributed by atoms with Crippen LogP contribution in [0.15, 0.2) is 30.6 Å². The summed E-state index contributed by atoms with van der Waals surface area (Å²) in [6.07, 6.45) is 3.52. The van der Waals surface area contributed by atoms with Crippen LogP contribution < -0.4 is 5.32 Å². The molecule has 0 radical (unpaired) electrons. The fourth-order valence-corrected chi connectivity index (χ4v) is 2.72. The van der Waals surface area contributed by atoms with Crippen molar-refractivity contribution in [3.8, 4) is 0 Å². The van der Waals surface area contributed by atoms with Crippen molar-refractivity contribution in [3.63, 3.8) is 0 Å². The van der Waals surface area contributed by atoms with Crippen LogP contribution >= 0.6 is 0 Å². The summed E-state index contributed by atoms with van der Waals surface area (Å²) in [5.41, 5.74) is 2.57. The van der Waals surface area contributed by atoms with Crippen LogP contribution in [-0.2, 0) is 0 Å². The van der Waals surface area contributed by atoms with Gasteiger partial charge in [0.05, 0.1) is 6.04 Å². The van der Waals surface area contributed by atoms with Crippen LogP contribution in [0, 0.1) is 0 Å². The third-order valence-electron chi connectivity index (χ3n) is 4.03. The van der Waals surface area contributed by atoms with Crippen LogP contribution in [-0.4, -0.2) is 45.6 Å². The molecule has 0 saturated carbocycles. The van der Waals surface area contributed by atoms with Crippen molar-refractivity contribution < 1.29 is 4.79 Å². The summed E-state index contributed by atoms with van der Waals surface area (Å²) in [4.78, 5) is 18.8. The standard InChI is InChI=1S/C16H21N5O/c1-11(2)13-9-14(20-19-13)16(22)21-8-7-18-10-15(21)12-3-5-17-6-4-12/h3-6,9,11,15,18H,7-8,10H2,1-2H3,(H,19,20). The minimum absolute atomic E-state index is 0.0171. The molecule has 2 N–H and O–H groups in total. The molecule has 0 aliphatic carbocycles. The van der Waals surface area contributed by atoms with Crippen molar-refractivity contribution in [1.29, 1.82) is 0 Å². The van der Waals surface area contributed by atoms with Gasteiger partial charge in [-0.05, 0) is 29.7 Å². The highest BCUT2D eigenvalue weighted by molar-refractivity contribution is 5.92. The van der Waals surface area contributed by atoms with Crippen molar-refractivity contribution in [2.24, 2.45) is 0 Å². The fraction of sp³-hybridized carbons (Fsp3) is 0.438. The SMILES string of the molecule is CC(C)c1cc(C(=O)N2CCNCC2c2ccncc2)n[nH]1. The Labute approximate surface area is 129 Å². The molecule has 2 aromatic heterocycles. The Bertz CT molecular complexity index is 637. The Kier molecular flexibility index (Phi) is 4.20. The molecule has 2 aromatic rings. The number of hydrogen-bond donors (Lipinski definition) is 2. The summed E-state index contributed by atoms with van der Waals surface area (Å²) in [5, 5.41) is 10.5. The average Bonchev–Trinajstić information content (AvgIpc) is 3.05. The van der Waals surface area contributed by atoms with E-state index in [0.29, 0.717) is 18.2 Å². The first-order valence-corrected chi connectivity index (χ1v) is 7.63. The lowest BCUT2D eigenvalue weighted by molar-refractivity contribution is 0.0628. The number of pyridine rings is 1. The first kappa shape index (κ1) is 14.7. The maximum atomic E-state index is 12.8. The molecular weight excluding hydrogens is 278 g/mol. The van der Waals surface area contributed by atoms with Crippen molar-refractivity contribution >= 4 is 5.91 Å². The number of H-pyrrole nitrogens is 1. The van der Waals surface area contributed by atoms with Gasteiger partial charge in [-0.3, -0.25) is 14.9 Å². The summed E-state index contributed by atoms with van der Waals surface area (Å²) in [7, 11) is 0. The lowest BCUT2D eigenvalue weighted by atomic mass is 10.0. The van der Waals surface area contributed by atoms with Crippen LogP contribution in [0.5, 0.6) is 0 Å². The van der Waals surface area contributed by atoms with E-state index in [1.165, 1.54) is 0 Å². The molecule has 116 valence electrons. The number of nitrogens with zero attached hydrogens (tertiary/aromatic N) is 3. The van der Waals surface area contributed by atoms with E-state index in [9.17, 15) is 4.79 Å². The van der Waals surface area contributed by atoms with Gasteiger partial charge in [0.1, 0.15) is 5.69 Å². The molecule has 1 amide bonds. The Morgan fingerprint density at radius 2 is 2.14 bits per heavy atom. The minimum Gasteiger partial charge on any atom is -0.328 e. The zero-order chi connectivity index (χ0) is 15.5. The highest BCUT2D eigenvalue weighted by Gasteiger charge is 2.29. The number of nitrogens with one attached hydrogen (secondary N) is 2. The molecule has 1 aliphatic heterocycles. The van der Waals surface area contributed by atoms with Crippen LogP contribution in [0.2, 0.25) is 0 Å². The number of aromatic amines is 1. The monoisotopic (exact) mass is 299 g/mol. The van der Waals surface area contributed by atoms with Crippen molar-refractivity contribution in [2.45, 2.75) is 25.8 Å². The second-order valence-electron chi connectivity index (χ2n) is 5.86. The molecule has 1 aliphatic rings. The zero-order valence-electron chi connectivity index (χ0n) is 12.9. The summed E-state index contributed by atoms with van der Waals surface area (Å²) in [5.74, 6) is 0.305. The van der Waals surface area contributed by atoms with E-state index in [1.54, 1.807) is 12.4 Å².